The number of benzene rings is 3. The van der Waals surface area contributed by atoms with E-state index < -0.39 is 31.2 Å². The van der Waals surface area contributed by atoms with Crippen molar-refractivity contribution in [3.8, 4) is 27.9 Å². The van der Waals surface area contributed by atoms with Crippen molar-refractivity contribution in [3.63, 3.8) is 0 Å². The predicted octanol–water partition coefficient (Wildman–Crippen LogP) is 2.76. The zero-order valence-electron chi connectivity index (χ0n) is 17.7. The van der Waals surface area contributed by atoms with E-state index in [9.17, 15) is 26.0 Å². The topological polar surface area (TPSA) is 129 Å². The van der Waals surface area contributed by atoms with Crippen molar-refractivity contribution in [1.29, 1.82) is 0 Å². The fourth-order valence-electron chi connectivity index (χ4n) is 3.41. The summed E-state index contributed by atoms with van der Waals surface area (Å²) in [5.74, 6) is -0.476. The highest BCUT2D eigenvalue weighted by molar-refractivity contribution is 7.90. The molecule has 0 amide bonds. The van der Waals surface area contributed by atoms with Crippen LogP contribution in [0.2, 0.25) is 0 Å². The van der Waals surface area contributed by atoms with Crippen LogP contribution >= 0.6 is 0 Å². The molecular weight excluding hydrogens is 481 g/mol. The Labute approximate surface area is 195 Å². The van der Waals surface area contributed by atoms with Gasteiger partial charge in [-0.1, -0.05) is 24.3 Å². The van der Waals surface area contributed by atoms with Crippen LogP contribution in [0.4, 0.5) is 4.39 Å². The lowest BCUT2D eigenvalue weighted by atomic mass is 9.97. The van der Waals surface area contributed by atoms with Gasteiger partial charge in [-0.25, -0.2) is 26.4 Å². The third-order valence-corrected chi connectivity index (χ3v) is 7.17. The fourth-order valence-corrected chi connectivity index (χ4v) is 4.56. The van der Waals surface area contributed by atoms with Gasteiger partial charge in [0.15, 0.2) is 9.84 Å². The van der Waals surface area contributed by atoms with Crippen molar-refractivity contribution < 1.29 is 21.2 Å². The van der Waals surface area contributed by atoms with Gasteiger partial charge in [0, 0.05) is 11.8 Å². The first-order chi connectivity index (χ1) is 15.9. The number of halogens is 1. The van der Waals surface area contributed by atoms with Gasteiger partial charge in [0.05, 0.1) is 27.2 Å². The van der Waals surface area contributed by atoms with Gasteiger partial charge in [0.1, 0.15) is 5.82 Å². The van der Waals surface area contributed by atoms with Crippen molar-refractivity contribution in [3.05, 3.63) is 95.2 Å². The van der Waals surface area contributed by atoms with Gasteiger partial charge in [-0.2, -0.15) is 9.78 Å². The molecule has 0 spiro atoms. The number of nitrogens with two attached hydrogens (primary N) is 1. The normalized spacial score (nSPS) is 12.0. The smallest absolute Gasteiger partial charge is 0.267 e. The lowest BCUT2D eigenvalue weighted by Crippen LogP contribution is -2.23. The summed E-state index contributed by atoms with van der Waals surface area (Å²) in [4.78, 5) is 13.5. The van der Waals surface area contributed by atoms with Crippen molar-refractivity contribution in [2.45, 2.75) is 9.79 Å². The molecule has 0 saturated heterocycles. The highest BCUT2D eigenvalue weighted by Gasteiger charge is 2.18. The second-order valence-corrected chi connectivity index (χ2v) is 11.1. The Hall–Kier alpha value is -3.67. The van der Waals surface area contributed by atoms with Crippen LogP contribution in [0.15, 0.2) is 93.6 Å². The molecule has 0 aliphatic carbocycles. The maximum Gasteiger partial charge on any atom is 0.279 e. The van der Waals surface area contributed by atoms with E-state index in [0.29, 0.717) is 22.4 Å². The summed E-state index contributed by atoms with van der Waals surface area (Å²) in [5.41, 5.74) is 1.32. The first-order valence-electron chi connectivity index (χ1n) is 9.77. The average molecular weight is 500 g/mol. The van der Waals surface area contributed by atoms with Gasteiger partial charge in [-0.05, 0) is 59.7 Å². The minimum absolute atomic E-state index is 0.120. The largest absolute Gasteiger partial charge is 0.279 e. The molecule has 4 aromatic rings. The Morgan fingerprint density at radius 1 is 0.794 bits per heavy atom. The van der Waals surface area contributed by atoms with E-state index in [4.69, 9.17) is 5.14 Å². The zero-order chi connectivity index (χ0) is 24.7. The molecule has 0 bridgehead atoms. The molecule has 8 nitrogen and oxygen atoms in total. The van der Waals surface area contributed by atoms with Crippen molar-refractivity contribution in [2.24, 2.45) is 5.14 Å². The molecule has 0 saturated carbocycles. The molecule has 0 aliphatic rings. The van der Waals surface area contributed by atoms with Crippen molar-refractivity contribution in [2.75, 3.05) is 6.26 Å². The van der Waals surface area contributed by atoms with Gasteiger partial charge in [-0.3, -0.25) is 4.79 Å². The first kappa shape index (κ1) is 23.5. The number of hydrogen-bond donors (Lipinski definition) is 1. The standard InChI is InChI=1S/C23H18FN3O5S2/c1-33(29,30)19-10-4-15(5-11-19)21-14-26-27(18-8-12-20(13-9-18)34(25,31)32)23(28)22(21)16-2-6-17(24)7-3-16/h2-14H,1H3,(H2,25,31,32). The Morgan fingerprint density at radius 2 is 1.32 bits per heavy atom. The van der Waals surface area contributed by atoms with Crippen LogP contribution in [0.3, 0.4) is 0 Å². The molecule has 0 atom stereocenters. The van der Waals surface area contributed by atoms with E-state index in [-0.39, 0.29) is 15.4 Å². The summed E-state index contributed by atoms with van der Waals surface area (Å²) in [5, 5.41) is 9.35. The van der Waals surface area contributed by atoms with Crippen LogP contribution in [-0.4, -0.2) is 32.9 Å². The number of aromatic nitrogens is 2. The molecule has 0 unspecified atom stereocenters. The van der Waals surface area contributed by atoms with E-state index in [0.717, 1.165) is 10.9 Å². The Bertz CT molecular complexity index is 1650. The van der Waals surface area contributed by atoms with E-state index in [1.165, 1.54) is 66.9 Å². The summed E-state index contributed by atoms with van der Waals surface area (Å²) >= 11 is 0. The third-order valence-electron chi connectivity index (χ3n) is 5.11. The molecule has 3 aromatic carbocycles. The highest BCUT2D eigenvalue weighted by atomic mass is 32.2. The molecule has 174 valence electrons. The number of nitrogens with zero attached hydrogens (tertiary/aromatic N) is 2. The van der Waals surface area contributed by atoms with Crippen molar-refractivity contribution in [1.82, 2.24) is 9.78 Å². The molecule has 0 radical (unpaired) electrons. The molecular formula is C23H18FN3O5S2. The summed E-state index contributed by atoms with van der Waals surface area (Å²) in [6.45, 7) is 0. The van der Waals surface area contributed by atoms with Crippen LogP contribution in [0.25, 0.3) is 27.9 Å². The number of rotatable bonds is 5. The van der Waals surface area contributed by atoms with Crippen LogP contribution in [0.1, 0.15) is 0 Å². The molecule has 4 rings (SSSR count). The van der Waals surface area contributed by atoms with Crippen LogP contribution in [0.5, 0.6) is 0 Å². The second kappa shape index (κ2) is 8.60. The minimum Gasteiger partial charge on any atom is -0.267 e. The van der Waals surface area contributed by atoms with Gasteiger partial charge < -0.3 is 0 Å². The highest BCUT2D eigenvalue weighted by Crippen LogP contribution is 2.30. The van der Waals surface area contributed by atoms with Gasteiger partial charge in [-0.15, -0.1) is 0 Å². The molecule has 34 heavy (non-hydrogen) atoms. The summed E-state index contributed by atoms with van der Waals surface area (Å²) < 4.78 is 61.3. The zero-order valence-corrected chi connectivity index (χ0v) is 19.3. The molecule has 0 fully saturated rings. The summed E-state index contributed by atoms with van der Waals surface area (Å²) in [7, 11) is -7.32. The van der Waals surface area contributed by atoms with E-state index >= 15 is 0 Å². The second-order valence-electron chi connectivity index (χ2n) is 7.49. The van der Waals surface area contributed by atoms with E-state index in [1.54, 1.807) is 12.1 Å². The van der Waals surface area contributed by atoms with Crippen LogP contribution in [-0.2, 0) is 19.9 Å². The van der Waals surface area contributed by atoms with E-state index in [2.05, 4.69) is 5.10 Å². The Morgan fingerprint density at radius 3 is 1.85 bits per heavy atom. The lowest BCUT2D eigenvalue weighted by Gasteiger charge is -2.13. The van der Waals surface area contributed by atoms with E-state index in [1.807, 2.05) is 0 Å². The number of hydrogen-bond acceptors (Lipinski definition) is 6. The number of primary sulfonamides is 1. The maximum absolute atomic E-state index is 13.5. The van der Waals surface area contributed by atoms with Crippen LogP contribution < -0.4 is 10.7 Å². The fraction of sp³-hybridized carbons (Fsp3) is 0.0435. The number of sulfone groups is 1. The Balaban J connectivity index is 1.92. The van der Waals surface area contributed by atoms with Gasteiger partial charge in [0.2, 0.25) is 10.0 Å². The van der Waals surface area contributed by atoms with Crippen LogP contribution in [0, 0.1) is 5.82 Å². The minimum atomic E-state index is -3.91. The average Bonchev–Trinajstić information content (AvgIpc) is 2.79. The third kappa shape index (κ3) is 4.67. The first-order valence-corrected chi connectivity index (χ1v) is 13.2. The maximum atomic E-state index is 13.5. The quantitative estimate of drug-likeness (QED) is 0.450. The molecule has 11 heteroatoms. The number of sulfonamides is 1. The lowest BCUT2D eigenvalue weighted by molar-refractivity contribution is 0.597. The molecule has 1 heterocycles. The SMILES string of the molecule is CS(=O)(=O)c1ccc(-c2cnn(-c3ccc(S(N)(=O)=O)cc3)c(=O)c2-c2ccc(F)cc2)cc1. The monoisotopic (exact) mass is 499 g/mol. The summed E-state index contributed by atoms with van der Waals surface area (Å²) in [6.07, 6.45) is 2.53. The molecule has 0 aliphatic heterocycles. The summed E-state index contributed by atoms with van der Waals surface area (Å²) in [6, 6.07) is 16.6. The Kier molecular flexibility index (Phi) is 5.94. The van der Waals surface area contributed by atoms with Gasteiger partial charge in [0.25, 0.3) is 5.56 Å². The van der Waals surface area contributed by atoms with Crippen molar-refractivity contribution >= 4 is 19.9 Å². The van der Waals surface area contributed by atoms with Gasteiger partial charge >= 0.3 is 0 Å². The predicted molar refractivity (Wildman–Crippen MR) is 125 cm³/mol. The molecule has 2 N–H and O–H groups in total. The molecule has 1 aromatic heterocycles.